The highest BCUT2D eigenvalue weighted by molar-refractivity contribution is 6.32. The molecule has 0 atom stereocenters. The molecule has 0 aliphatic heterocycles. The first kappa shape index (κ1) is 14.9. The summed E-state index contributed by atoms with van der Waals surface area (Å²) in [6, 6.07) is 7.36. The molecule has 0 fully saturated rings. The number of carbonyl (C=O) groups excluding carboxylic acids is 1. The van der Waals surface area contributed by atoms with Crippen LogP contribution in [-0.2, 0) is 0 Å². The van der Waals surface area contributed by atoms with Crippen LogP contribution in [0.4, 0.5) is 0 Å². The molecule has 0 aliphatic carbocycles. The van der Waals surface area contributed by atoms with Gasteiger partial charge >= 0.3 is 0 Å². The smallest absolute Gasteiger partial charge is 0.179 e. The van der Waals surface area contributed by atoms with Crippen molar-refractivity contribution in [2.24, 2.45) is 0 Å². The maximum atomic E-state index is 11.8. The Bertz CT molecular complexity index is 662. The minimum absolute atomic E-state index is 0.0196. The van der Waals surface area contributed by atoms with Crippen molar-refractivity contribution in [3.63, 3.8) is 0 Å². The molecule has 106 valence electrons. The Morgan fingerprint density at radius 3 is 2.60 bits per heavy atom. The number of carbonyl (C=O) groups is 1. The molecule has 0 spiro atoms. The summed E-state index contributed by atoms with van der Waals surface area (Å²) in [4.78, 5) is 11.8. The van der Waals surface area contributed by atoms with Gasteiger partial charge in [0.2, 0.25) is 0 Å². The van der Waals surface area contributed by atoms with Crippen molar-refractivity contribution in [2.45, 2.75) is 13.8 Å². The first-order valence-electron chi connectivity index (χ1n) is 6.11. The van der Waals surface area contributed by atoms with Crippen LogP contribution in [0.2, 0.25) is 5.02 Å². The molecule has 1 aromatic carbocycles. The fraction of sp³-hybridized carbons (Fsp3) is 0.267. The summed E-state index contributed by atoms with van der Waals surface area (Å²) in [5.41, 5.74) is 3.36. The van der Waals surface area contributed by atoms with Gasteiger partial charge in [0, 0.05) is 28.7 Å². The molecular weight excluding hydrogens is 297 g/mol. The Kier molecular flexibility index (Phi) is 4.41. The second-order valence-electron chi connectivity index (χ2n) is 4.50. The van der Waals surface area contributed by atoms with Gasteiger partial charge in [-0.1, -0.05) is 11.6 Å². The minimum Gasteiger partial charge on any atom is -0.495 e. The van der Waals surface area contributed by atoms with Crippen molar-refractivity contribution in [1.29, 1.82) is 0 Å². The monoisotopic (exact) mass is 311 g/mol. The number of alkyl halides is 1. The molecule has 2 rings (SSSR count). The number of hydrogen-bond acceptors (Lipinski definition) is 2. The predicted molar refractivity (Wildman–Crippen MR) is 81.9 cm³/mol. The number of rotatable bonds is 4. The Morgan fingerprint density at radius 2 is 2.00 bits per heavy atom. The van der Waals surface area contributed by atoms with E-state index in [9.17, 15) is 4.79 Å². The van der Waals surface area contributed by atoms with E-state index in [1.54, 1.807) is 13.2 Å². The SMILES string of the molecule is COc1cc(-n2c(C)cc(C(=O)CCl)c2C)ccc1Cl. The number of nitrogens with zero attached hydrogens (tertiary/aromatic N) is 1. The van der Waals surface area contributed by atoms with Crippen molar-refractivity contribution in [2.75, 3.05) is 13.0 Å². The van der Waals surface area contributed by atoms with Gasteiger partial charge in [0.15, 0.2) is 5.78 Å². The van der Waals surface area contributed by atoms with Crippen LogP contribution in [0.15, 0.2) is 24.3 Å². The Labute approximate surface area is 128 Å². The Balaban J connectivity index is 2.58. The van der Waals surface area contributed by atoms with Gasteiger partial charge in [0.25, 0.3) is 0 Å². The van der Waals surface area contributed by atoms with Crippen LogP contribution in [0.25, 0.3) is 5.69 Å². The van der Waals surface area contributed by atoms with E-state index in [0.717, 1.165) is 17.1 Å². The average Bonchev–Trinajstić information content (AvgIpc) is 2.74. The van der Waals surface area contributed by atoms with Crippen LogP contribution >= 0.6 is 23.2 Å². The van der Waals surface area contributed by atoms with Crippen LogP contribution in [-0.4, -0.2) is 23.3 Å². The highest BCUT2D eigenvalue weighted by atomic mass is 35.5. The maximum Gasteiger partial charge on any atom is 0.179 e. The number of aromatic nitrogens is 1. The van der Waals surface area contributed by atoms with Crippen LogP contribution in [0, 0.1) is 13.8 Å². The van der Waals surface area contributed by atoms with Crippen molar-refractivity contribution in [3.05, 3.63) is 46.2 Å². The molecule has 1 heterocycles. The fourth-order valence-electron chi connectivity index (χ4n) is 2.30. The second kappa shape index (κ2) is 5.90. The van der Waals surface area contributed by atoms with E-state index in [4.69, 9.17) is 27.9 Å². The van der Waals surface area contributed by atoms with Crippen molar-refractivity contribution < 1.29 is 9.53 Å². The van der Waals surface area contributed by atoms with Gasteiger partial charge in [-0.25, -0.2) is 0 Å². The number of benzene rings is 1. The molecule has 0 aliphatic rings. The van der Waals surface area contributed by atoms with Gasteiger partial charge in [-0.05, 0) is 32.0 Å². The summed E-state index contributed by atoms with van der Waals surface area (Å²) < 4.78 is 7.21. The highest BCUT2D eigenvalue weighted by Gasteiger charge is 2.16. The molecule has 20 heavy (non-hydrogen) atoms. The lowest BCUT2D eigenvalue weighted by molar-refractivity contribution is 0.102. The fourth-order valence-corrected chi connectivity index (χ4v) is 2.64. The summed E-state index contributed by atoms with van der Waals surface area (Å²) in [5, 5.41) is 0.552. The first-order valence-corrected chi connectivity index (χ1v) is 7.02. The van der Waals surface area contributed by atoms with E-state index >= 15 is 0 Å². The molecular formula is C15H15Cl2NO2. The minimum atomic E-state index is -0.0769. The van der Waals surface area contributed by atoms with E-state index in [0.29, 0.717) is 16.3 Å². The third-order valence-corrected chi connectivity index (χ3v) is 3.80. The van der Waals surface area contributed by atoms with Gasteiger partial charge in [0.05, 0.1) is 18.0 Å². The molecule has 5 heteroatoms. The summed E-state index contributed by atoms with van der Waals surface area (Å²) in [7, 11) is 1.57. The third-order valence-electron chi connectivity index (χ3n) is 3.25. The first-order chi connectivity index (χ1) is 9.49. The number of hydrogen-bond donors (Lipinski definition) is 0. The highest BCUT2D eigenvalue weighted by Crippen LogP contribution is 2.29. The van der Waals surface area contributed by atoms with Gasteiger partial charge in [-0.2, -0.15) is 0 Å². The van der Waals surface area contributed by atoms with Crippen molar-refractivity contribution in [3.8, 4) is 11.4 Å². The van der Waals surface area contributed by atoms with Crippen molar-refractivity contribution >= 4 is 29.0 Å². The standard InChI is InChI=1S/C15H15Cl2NO2/c1-9-6-12(14(19)8-16)10(2)18(9)11-4-5-13(17)15(7-11)20-3/h4-7H,8H2,1-3H3. The molecule has 0 unspecified atom stereocenters. The lowest BCUT2D eigenvalue weighted by Crippen LogP contribution is -2.04. The number of halogens is 2. The number of methoxy groups -OCH3 is 1. The Morgan fingerprint density at radius 1 is 1.30 bits per heavy atom. The van der Waals surface area contributed by atoms with E-state index in [1.165, 1.54) is 0 Å². The number of aryl methyl sites for hydroxylation is 1. The molecule has 0 bridgehead atoms. The maximum absolute atomic E-state index is 11.8. The van der Waals surface area contributed by atoms with Crippen LogP contribution in [0.1, 0.15) is 21.7 Å². The molecule has 0 saturated carbocycles. The summed E-state index contributed by atoms with van der Waals surface area (Å²) in [6.45, 7) is 3.84. The summed E-state index contributed by atoms with van der Waals surface area (Å²) >= 11 is 11.7. The number of Topliss-reactive ketones (excluding diaryl/α,β-unsaturated/α-hetero) is 1. The summed E-state index contributed by atoms with van der Waals surface area (Å²) in [6.07, 6.45) is 0. The van der Waals surface area contributed by atoms with Gasteiger partial charge in [-0.3, -0.25) is 4.79 Å². The molecule has 0 radical (unpaired) electrons. The zero-order valence-corrected chi connectivity index (χ0v) is 13.0. The van der Waals surface area contributed by atoms with E-state index < -0.39 is 0 Å². The van der Waals surface area contributed by atoms with Crippen LogP contribution < -0.4 is 4.74 Å². The quantitative estimate of drug-likeness (QED) is 0.626. The lowest BCUT2D eigenvalue weighted by Gasteiger charge is -2.12. The largest absolute Gasteiger partial charge is 0.495 e. The van der Waals surface area contributed by atoms with Gasteiger partial charge < -0.3 is 9.30 Å². The molecule has 0 saturated heterocycles. The van der Waals surface area contributed by atoms with Crippen molar-refractivity contribution in [1.82, 2.24) is 4.57 Å². The number of ketones is 1. The van der Waals surface area contributed by atoms with Gasteiger partial charge in [-0.15, -0.1) is 11.6 Å². The molecule has 0 N–H and O–H groups in total. The zero-order valence-electron chi connectivity index (χ0n) is 11.5. The predicted octanol–water partition coefficient (Wildman–Crippen LogP) is 4.18. The van der Waals surface area contributed by atoms with Crippen LogP contribution in [0.5, 0.6) is 5.75 Å². The molecule has 3 nitrogen and oxygen atoms in total. The van der Waals surface area contributed by atoms with E-state index in [1.807, 2.05) is 36.6 Å². The normalized spacial score (nSPS) is 10.7. The lowest BCUT2D eigenvalue weighted by atomic mass is 10.2. The van der Waals surface area contributed by atoms with Gasteiger partial charge in [0.1, 0.15) is 5.75 Å². The zero-order chi connectivity index (χ0) is 14.9. The number of ether oxygens (including phenoxy) is 1. The second-order valence-corrected chi connectivity index (χ2v) is 5.17. The topological polar surface area (TPSA) is 31.2 Å². The summed E-state index contributed by atoms with van der Waals surface area (Å²) in [5.74, 6) is 0.502. The molecule has 0 amide bonds. The van der Waals surface area contributed by atoms with Crippen LogP contribution in [0.3, 0.4) is 0 Å². The Hall–Kier alpha value is -1.45. The molecule has 1 aromatic heterocycles. The van der Waals surface area contributed by atoms with E-state index in [2.05, 4.69) is 0 Å². The molecule has 2 aromatic rings. The van der Waals surface area contributed by atoms with E-state index in [-0.39, 0.29) is 11.7 Å². The third kappa shape index (κ3) is 2.56. The average molecular weight is 312 g/mol.